The van der Waals surface area contributed by atoms with Crippen molar-refractivity contribution >= 4 is 47.0 Å². The Hall–Kier alpha value is -6.05. The summed E-state index contributed by atoms with van der Waals surface area (Å²) in [7, 11) is 0. The van der Waals surface area contributed by atoms with Gasteiger partial charge < -0.3 is 36.4 Å². The summed E-state index contributed by atoms with van der Waals surface area (Å²) in [5.41, 5.74) is 10.9. The van der Waals surface area contributed by atoms with Gasteiger partial charge in [0.25, 0.3) is 0 Å². The number of carboxylic acids is 1. The first kappa shape index (κ1) is 42.1. The van der Waals surface area contributed by atoms with Crippen LogP contribution in [-0.4, -0.2) is 88.7 Å². The number of carboxylic acid groups (broad SMARTS) is 1. The number of carbonyl (C=O) groups is 7. The van der Waals surface area contributed by atoms with Gasteiger partial charge in [-0.3, -0.25) is 24.0 Å². The van der Waals surface area contributed by atoms with E-state index in [-0.39, 0.29) is 54.9 Å². The zero-order valence-electron chi connectivity index (χ0n) is 32.9. The fourth-order valence-electron chi connectivity index (χ4n) is 7.50. The summed E-state index contributed by atoms with van der Waals surface area (Å²) in [5, 5.41) is 17.4. The minimum absolute atomic E-state index is 0.0166. The van der Waals surface area contributed by atoms with Gasteiger partial charge in [0.15, 0.2) is 11.6 Å². The lowest BCUT2D eigenvalue weighted by atomic mass is 9.93. The molecule has 1 aliphatic carbocycles. The Morgan fingerprint density at radius 3 is 2.07 bits per heavy atom. The molecule has 5 rings (SSSR count). The number of Topliss-reactive ketones (excluding diaryl/α,β-unsaturated/α-hetero) is 2. The molecule has 1 fully saturated rings. The van der Waals surface area contributed by atoms with E-state index >= 15 is 0 Å². The lowest BCUT2D eigenvalue weighted by Gasteiger charge is -2.30. The standard InChI is InChI=1S/C43H51N5O9/c1-23(2)38(37(50)21-28-20-27(42(54)55)16-17-34(28)44)47-40(52)35-15-10-18-48(35)41(53)26(5)45-39(51)24(3)19-36(49)25(4)46-43(56)57-22-33-31-13-8-6-11-29(31)30-12-7-9-14-32(30)33/h6-9,11-14,16-17,20,23-26,33,35,38H,10,15,18-19,21-22,44H2,1-5H3,(H,45,51)(H,46,56)(H,47,52)(H,54,55). The van der Waals surface area contributed by atoms with Crippen LogP contribution >= 0.6 is 0 Å². The highest BCUT2D eigenvalue weighted by atomic mass is 16.5. The molecule has 302 valence electrons. The highest BCUT2D eigenvalue weighted by Crippen LogP contribution is 2.44. The zero-order valence-corrected chi connectivity index (χ0v) is 32.9. The lowest BCUT2D eigenvalue weighted by Crippen LogP contribution is -2.56. The fraction of sp³-hybridized carbons (Fsp3) is 0.419. The molecule has 6 N–H and O–H groups in total. The smallest absolute Gasteiger partial charge is 0.407 e. The van der Waals surface area contributed by atoms with Crippen LogP contribution in [0, 0.1) is 11.8 Å². The molecule has 5 atom stereocenters. The number of rotatable bonds is 16. The molecule has 3 aromatic rings. The predicted molar refractivity (Wildman–Crippen MR) is 212 cm³/mol. The van der Waals surface area contributed by atoms with Gasteiger partial charge in [-0.25, -0.2) is 9.59 Å². The minimum Gasteiger partial charge on any atom is -0.478 e. The van der Waals surface area contributed by atoms with Crippen molar-refractivity contribution in [1.29, 1.82) is 0 Å². The van der Waals surface area contributed by atoms with Crippen LogP contribution in [0.3, 0.4) is 0 Å². The van der Waals surface area contributed by atoms with E-state index in [1.807, 2.05) is 48.5 Å². The summed E-state index contributed by atoms with van der Waals surface area (Å²) < 4.78 is 5.56. The summed E-state index contributed by atoms with van der Waals surface area (Å²) in [6.45, 7) is 8.44. The van der Waals surface area contributed by atoms with Crippen molar-refractivity contribution in [2.45, 2.75) is 90.4 Å². The number of hydrogen-bond acceptors (Lipinski definition) is 9. The number of alkyl carbamates (subject to hydrolysis) is 1. The predicted octanol–water partition coefficient (Wildman–Crippen LogP) is 4.24. The highest BCUT2D eigenvalue weighted by molar-refractivity contribution is 5.97. The van der Waals surface area contributed by atoms with E-state index in [0.29, 0.717) is 18.4 Å². The normalized spacial score (nSPS) is 16.7. The van der Waals surface area contributed by atoms with Gasteiger partial charge >= 0.3 is 12.1 Å². The van der Waals surface area contributed by atoms with Gasteiger partial charge in [-0.05, 0) is 78.6 Å². The number of anilines is 1. The van der Waals surface area contributed by atoms with Crippen molar-refractivity contribution in [3.05, 3.63) is 89.0 Å². The molecular formula is C43H51N5O9. The second-order valence-corrected chi connectivity index (χ2v) is 15.3. The average Bonchev–Trinajstić information content (AvgIpc) is 3.79. The number of benzene rings is 3. The van der Waals surface area contributed by atoms with Crippen LogP contribution in [0.25, 0.3) is 11.1 Å². The van der Waals surface area contributed by atoms with Gasteiger partial charge in [0.2, 0.25) is 17.7 Å². The molecule has 4 amide bonds. The van der Waals surface area contributed by atoms with Crippen LogP contribution in [0.4, 0.5) is 10.5 Å². The number of ketones is 2. The molecular weight excluding hydrogens is 730 g/mol. The van der Waals surface area contributed by atoms with E-state index in [1.54, 1.807) is 20.8 Å². The Bertz CT molecular complexity index is 2000. The molecule has 1 heterocycles. The Balaban J connectivity index is 1.09. The number of hydrogen-bond donors (Lipinski definition) is 5. The van der Waals surface area contributed by atoms with Gasteiger partial charge in [0.05, 0.1) is 17.6 Å². The Labute approximate surface area is 331 Å². The largest absolute Gasteiger partial charge is 0.478 e. The van der Waals surface area contributed by atoms with Crippen molar-refractivity contribution in [2.24, 2.45) is 11.8 Å². The third kappa shape index (κ3) is 9.86. The van der Waals surface area contributed by atoms with E-state index in [2.05, 4.69) is 16.0 Å². The van der Waals surface area contributed by atoms with Crippen molar-refractivity contribution in [1.82, 2.24) is 20.9 Å². The number of aromatic carboxylic acids is 1. The average molecular weight is 782 g/mol. The number of nitrogens with two attached hydrogens (primary N) is 1. The molecule has 14 nitrogen and oxygen atoms in total. The number of likely N-dealkylation sites (tertiary alicyclic amines) is 1. The maximum Gasteiger partial charge on any atom is 0.407 e. The first-order valence-electron chi connectivity index (χ1n) is 19.3. The van der Waals surface area contributed by atoms with Crippen LogP contribution < -0.4 is 21.7 Å². The summed E-state index contributed by atoms with van der Waals surface area (Å²) in [6.07, 6.45) is -0.272. The first-order valence-corrected chi connectivity index (χ1v) is 19.3. The molecule has 1 aliphatic heterocycles. The molecule has 0 saturated carbocycles. The maximum atomic E-state index is 13.6. The molecule has 2 aliphatic rings. The molecule has 0 aromatic heterocycles. The fourth-order valence-corrected chi connectivity index (χ4v) is 7.50. The third-order valence-corrected chi connectivity index (χ3v) is 10.7. The van der Waals surface area contributed by atoms with Crippen LogP contribution in [0.15, 0.2) is 66.7 Å². The summed E-state index contributed by atoms with van der Waals surface area (Å²) in [6, 6.07) is 16.2. The van der Waals surface area contributed by atoms with Crippen molar-refractivity contribution in [3.63, 3.8) is 0 Å². The number of nitrogen functional groups attached to an aromatic ring is 1. The molecule has 1 saturated heterocycles. The topological polar surface area (TPSA) is 214 Å². The van der Waals surface area contributed by atoms with Gasteiger partial charge in [0.1, 0.15) is 18.7 Å². The molecule has 57 heavy (non-hydrogen) atoms. The Morgan fingerprint density at radius 1 is 0.825 bits per heavy atom. The van der Waals surface area contributed by atoms with E-state index in [4.69, 9.17) is 10.5 Å². The Kier molecular flexibility index (Phi) is 13.5. The van der Waals surface area contributed by atoms with Crippen molar-refractivity contribution < 1.29 is 43.4 Å². The van der Waals surface area contributed by atoms with Crippen LogP contribution in [0.5, 0.6) is 0 Å². The van der Waals surface area contributed by atoms with E-state index < -0.39 is 65.7 Å². The maximum absolute atomic E-state index is 13.6. The van der Waals surface area contributed by atoms with Crippen LogP contribution in [-0.2, 0) is 35.1 Å². The highest BCUT2D eigenvalue weighted by Gasteiger charge is 2.39. The van der Waals surface area contributed by atoms with E-state index in [9.17, 15) is 38.7 Å². The van der Waals surface area contributed by atoms with Crippen LogP contribution in [0.1, 0.15) is 86.8 Å². The van der Waals surface area contributed by atoms with Crippen LogP contribution in [0.2, 0.25) is 0 Å². The number of ether oxygens (including phenoxy) is 1. The summed E-state index contributed by atoms with van der Waals surface area (Å²) >= 11 is 0. The number of fused-ring (bicyclic) bond motifs is 3. The second-order valence-electron chi connectivity index (χ2n) is 15.3. The zero-order chi connectivity index (χ0) is 41.6. The Morgan fingerprint density at radius 2 is 1.46 bits per heavy atom. The van der Waals surface area contributed by atoms with Crippen molar-refractivity contribution in [3.8, 4) is 11.1 Å². The molecule has 0 spiro atoms. The molecule has 14 heteroatoms. The van der Waals surface area contributed by atoms with E-state index in [0.717, 1.165) is 22.3 Å². The number of amides is 4. The molecule has 5 unspecified atom stereocenters. The van der Waals surface area contributed by atoms with E-state index in [1.165, 1.54) is 36.9 Å². The monoisotopic (exact) mass is 781 g/mol. The quantitative estimate of drug-likeness (QED) is 0.130. The summed E-state index contributed by atoms with van der Waals surface area (Å²) in [4.78, 5) is 92.2. The third-order valence-electron chi connectivity index (χ3n) is 10.7. The SMILES string of the molecule is CC(CC(=O)C(C)NC(=O)OCC1c2ccccc2-c2ccccc21)C(=O)NC(C)C(=O)N1CCCC1C(=O)NC(C(=O)Cc1cc(C(=O)O)ccc1N)C(C)C. The first-order chi connectivity index (χ1) is 27.1. The van der Waals surface area contributed by atoms with Gasteiger partial charge in [0, 0.05) is 36.9 Å². The van der Waals surface area contributed by atoms with Gasteiger partial charge in [-0.15, -0.1) is 0 Å². The van der Waals surface area contributed by atoms with Gasteiger partial charge in [-0.1, -0.05) is 69.3 Å². The number of nitrogens with one attached hydrogen (secondary N) is 3. The lowest BCUT2D eigenvalue weighted by molar-refractivity contribution is -0.142. The number of carbonyl (C=O) groups excluding carboxylic acids is 6. The molecule has 0 radical (unpaired) electrons. The van der Waals surface area contributed by atoms with Gasteiger partial charge in [-0.2, -0.15) is 0 Å². The van der Waals surface area contributed by atoms with Crippen molar-refractivity contribution in [2.75, 3.05) is 18.9 Å². The second kappa shape index (κ2) is 18.3. The minimum atomic E-state index is -1.16. The molecule has 0 bridgehead atoms. The molecule has 3 aromatic carbocycles. The summed E-state index contributed by atoms with van der Waals surface area (Å²) in [5.74, 6) is -4.78. The number of nitrogens with zero attached hydrogens (tertiary/aromatic N) is 1.